The Hall–Kier alpha value is -2.14. The molecule has 0 amide bonds. The van der Waals surface area contributed by atoms with Gasteiger partial charge in [0.1, 0.15) is 5.82 Å². The number of unbranched alkanes of at least 4 members (excludes halogenated alkanes) is 2. The van der Waals surface area contributed by atoms with Crippen molar-refractivity contribution in [1.29, 1.82) is 0 Å². The summed E-state index contributed by atoms with van der Waals surface area (Å²) in [7, 11) is 2.19. The van der Waals surface area contributed by atoms with Gasteiger partial charge in [-0.1, -0.05) is 67.1 Å². The molecule has 0 bridgehead atoms. The van der Waals surface area contributed by atoms with Crippen LogP contribution < -0.4 is 5.32 Å². The van der Waals surface area contributed by atoms with Crippen LogP contribution in [0.2, 0.25) is 0 Å². The number of aromatic nitrogens is 2. The summed E-state index contributed by atoms with van der Waals surface area (Å²) in [5, 5.41) is 12.0. The van der Waals surface area contributed by atoms with Crippen molar-refractivity contribution in [3.05, 3.63) is 78.4 Å². The van der Waals surface area contributed by atoms with E-state index in [1.165, 1.54) is 18.4 Å². The largest absolute Gasteiger partial charge is 0.369 e. The molecule has 0 atom stereocenters. The monoisotopic (exact) mass is 432 g/mol. The first kappa shape index (κ1) is 24.9. The van der Waals surface area contributed by atoms with Crippen molar-refractivity contribution in [2.45, 2.75) is 25.8 Å². The Balaban J connectivity index is 0.00000210. The molecular formula is C23H30Cl2N4. The number of hydrogen-bond acceptors (Lipinski definition) is 4. The second kappa shape index (κ2) is 13.9. The van der Waals surface area contributed by atoms with Crippen molar-refractivity contribution in [2.24, 2.45) is 0 Å². The van der Waals surface area contributed by atoms with Gasteiger partial charge in [-0.05, 0) is 44.1 Å². The highest BCUT2D eigenvalue weighted by Crippen LogP contribution is 2.16. The molecule has 0 saturated heterocycles. The van der Waals surface area contributed by atoms with E-state index in [1.807, 2.05) is 42.5 Å². The highest BCUT2D eigenvalue weighted by Gasteiger charge is 2.01. The summed E-state index contributed by atoms with van der Waals surface area (Å²) in [6.45, 7) is 3.07. The van der Waals surface area contributed by atoms with E-state index in [4.69, 9.17) is 0 Å². The Bertz CT molecular complexity index is 783. The second-order valence-corrected chi connectivity index (χ2v) is 6.88. The Morgan fingerprint density at radius 2 is 1.45 bits per heavy atom. The lowest BCUT2D eigenvalue weighted by Crippen LogP contribution is -2.19. The van der Waals surface area contributed by atoms with Crippen LogP contribution in [0.25, 0.3) is 11.3 Å². The van der Waals surface area contributed by atoms with Crippen molar-refractivity contribution in [3.8, 4) is 11.3 Å². The molecule has 0 spiro atoms. The zero-order chi connectivity index (χ0) is 18.7. The van der Waals surface area contributed by atoms with Gasteiger partial charge in [0.15, 0.2) is 0 Å². The molecule has 2 aromatic carbocycles. The molecule has 0 fully saturated rings. The first-order valence-electron chi connectivity index (χ1n) is 9.67. The van der Waals surface area contributed by atoms with Gasteiger partial charge in [-0.2, -0.15) is 0 Å². The van der Waals surface area contributed by atoms with Crippen LogP contribution in [0.3, 0.4) is 0 Å². The van der Waals surface area contributed by atoms with E-state index < -0.39 is 0 Å². The third-order valence-electron chi connectivity index (χ3n) is 4.55. The van der Waals surface area contributed by atoms with Gasteiger partial charge in [0.2, 0.25) is 0 Å². The smallest absolute Gasteiger partial charge is 0.148 e. The average Bonchev–Trinajstić information content (AvgIpc) is 2.72. The molecule has 0 aliphatic rings. The fourth-order valence-corrected chi connectivity index (χ4v) is 3.06. The van der Waals surface area contributed by atoms with Gasteiger partial charge in [-0.3, -0.25) is 0 Å². The molecule has 156 valence electrons. The van der Waals surface area contributed by atoms with E-state index in [0.29, 0.717) is 0 Å². The van der Waals surface area contributed by atoms with Crippen LogP contribution in [0.1, 0.15) is 24.8 Å². The van der Waals surface area contributed by atoms with E-state index in [2.05, 4.69) is 57.8 Å². The number of nitrogens with one attached hydrogen (secondary N) is 1. The number of nitrogens with zero attached hydrogens (tertiary/aromatic N) is 3. The Kier molecular flexibility index (Phi) is 12.0. The lowest BCUT2D eigenvalue weighted by molar-refractivity contribution is 0.318. The maximum atomic E-state index is 4.31. The summed E-state index contributed by atoms with van der Waals surface area (Å²) in [6, 6.07) is 24.8. The molecule has 3 aromatic rings. The normalized spacial score (nSPS) is 10.1. The van der Waals surface area contributed by atoms with Crippen LogP contribution in [-0.4, -0.2) is 35.2 Å². The molecule has 1 aromatic heterocycles. The van der Waals surface area contributed by atoms with Gasteiger partial charge < -0.3 is 10.2 Å². The van der Waals surface area contributed by atoms with E-state index in [1.54, 1.807) is 0 Å². The molecule has 4 nitrogen and oxygen atoms in total. The average molecular weight is 433 g/mol. The minimum absolute atomic E-state index is 0. The quantitative estimate of drug-likeness (QED) is 0.417. The zero-order valence-corrected chi connectivity index (χ0v) is 18.5. The number of benzene rings is 2. The zero-order valence-electron chi connectivity index (χ0n) is 16.8. The van der Waals surface area contributed by atoms with Gasteiger partial charge in [-0.15, -0.1) is 35.0 Å². The van der Waals surface area contributed by atoms with Crippen molar-refractivity contribution < 1.29 is 0 Å². The van der Waals surface area contributed by atoms with Crippen LogP contribution in [0.15, 0.2) is 72.8 Å². The predicted octanol–water partition coefficient (Wildman–Crippen LogP) is 5.70. The van der Waals surface area contributed by atoms with Crippen molar-refractivity contribution >= 4 is 30.6 Å². The fourth-order valence-electron chi connectivity index (χ4n) is 3.06. The van der Waals surface area contributed by atoms with E-state index >= 15 is 0 Å². The highest BCUT2D eigenvalue weighted by atomic mass is 35.5. The van der Waals surface area contributed by atoms with Crippen LogP contribution in [-0.2, 0) is 6.54 Å². The molecule has 0 aliphatic heterocycles. The fraction of sp³-hybridized carbons (Fsp3) is 0.304. The predicted molar refractivity (Wildman–Crippen MR) is 127 cm³/mol. The third kappa shape index (κ3) is 8.82. The lowest BCUT2D eigenvalue weighted by Gasteiger charge is -2.16. The van der Waals surface area contributed by atoms with Crippen molar-refractivity contribution in [1.82, 2.24) is 15.1 Å². The molecule has 1 N–H and O–H groups in total. The summed E-state index contributed by atoms with van der Waals surface area (Å²) in [5.41, 5.74) is 3.37. The molecule has 3 rings (SSSR count). The molecule has 0 aliphatic carbocycles. The number of halogens is 2. The Morgan fingerprint density at radius 3 is 2.10 bits per heavy atom. The van der Waals surface area contributed by atoms with Crippen LogP contribution >= 0.6 is 24.8 Å². The van der Waals surface area contributed by atoms with Gasteiger partial charge in [-0.25, -0.2) is 0 Å². The van der Waals surface area contributed by atoms with E-state index in [9.17, 15) is 0 Å². The van der Waals surface area contributed by atoms with Crippen LogP contribution in [0.5, 0.6) is 0 Å². The molecule has 1 heterocycles. The van der Waals surface area contributed by atoms with Gasteiger partial charge >= 0.3 is 0 Å². The maximum absolute atomic E-state index is 4.31. The van der Waals surface area contributed by atoms with Crippen molar-refractivity contribution in [3.63, 3.8) is 0 Å². The van der Waals surface area contributed by atoms with Gasteiger partial charge in [0.05, 0.1) is 5.69 Å². The standard InChI is InChI=1S/C23H28N4.2ClH/c1-27(19-20-11-5-2-6-12-20)18-10-4-9-17-24-23-16-15-22(25-26-23)21-13-7-3-8-14-21;;/h2-3,5-8,11-16H,4,9-10,17-19H2,1H3,(H,24,26);2*1H. The molecule has 0 saturated carbocycles. The highest BCUT2D eigenvalue weighted by molar-refractivity contribution is 5.85. The number of rotatable bonds is 10. The van der Waals surface area contributed by atoms with Crippen LogP contribution in [0, 0.1) is 0 Å². The number of hydrogen-bond donors (Lipinski definition) is 1. The summed E-state index contributed by atoms with van der Waals surface area (Å²) in [6.07, 6.45) is 3.56. The summed E-state index contributed by atoms with van der Waals surface area (Å²) in [4.78, 5) is 2.39. The topological polar surface area (TPSA) is 41.0 Å². The minimum atomic E-state index is 0. The first-order chi connectivity index (χ1) is 13.3. The summed E-state index contributed by atoms with van der Waals surface area (Å²) < 4.78 is 0. The van der Waals surface area contributed by atoms with E-state index in [-0.39, 0.29) is 24.8 Å². The minimum Gasteiger partial charge on any atom is -0.369 e. The SMILES string of the molecule is CN(CCCCCNc1ccc(-c2ccccc2)nn1)Cc1ccccc1.Cl.Cl. The van der Waals surface area contributed by atoms with Gasteiger partial charge in [0, 0.05) is 18.7 Å². The number of anilines is 1. The second-order valence-electron chi connectivity index (χ2n) is 6.88. The molecule has 0 radical (unpaired) electrons. The van der Waals surface area contributed by atoms with E-state index in [0.717, 1.165) is 43.1 Å². The molecule has 0 unspecified atom stereocenters. The molecular weight excluding hydrogens is 403 g/mol. The molecule has 29 heavy (non-hydrogen) atoms. The van der Waals surface area contributed by atoms with Crippen LogP contribution in [0.4, 0.5) is 5.82 Å². The Morgan fingerprint density at radius 1 is 0.759 bits per heavy atom. The Labute approximate surface area is 186 Å². The maximum Gasteiger partial charge on any atom is 0.148 e. The lowest BCUT2D eigenvalue weighted by atomic mass is 10.1. The summed E-state index contributed by atoms with van der Waals surface area (Å²) >= 11 is 0. The van der Waals surface area contributed by atoms with Gasteiger partial charge in [0.25, 0.3) is 0 Å². The first-order valence-corrected chi connectivity index (χ1v) is 9.67. The van der Waals surface area contributed by atoms with Crippen molar-refractivity contribution in [2.75, 3.05) is 25.5 Å². The third-order valence-corrected chi connectivity index (χ3v) is 4.55. The summed E-state index contributed by atoms with van der Waals surface area (Å²) in [5.74, 6) is 0.843. The molecule has 6 heteroatoms.